The Kier molecular flexibility index (Phi) is 2.80. The van der Waals surface area contributed by atoms with Crippen molar-refractivity contribution < 1.29 is 0 Å². The molecule has 2 aromatic heterocycles. The van der Waals surface area contributed by atoms with Crippen molar-refractivity contribution in [2.24, 2.45) is 0 Å². The lowest BCUT2D eigenvalue weighted by molar-refractivity contribution is 1.11. The molecule has 0 saturated heterocycles. The number of nitriles is 1. The van der Waals surface area contributed by atoms with Crippen molar-refractivity contribution >= 4 is 21.6 Å². The molecule has 0 aliphatic rings. The molecule has 19 heavy (non-hydrogen) atoms. The lowest BCUT2D eigenvalue weighted by Gasteiger charge is -2.03. The van der Waals surface area contributed by atoms with Crippen LogP contribution in [0.1, 0.15) is 11.1 Å². The fraction of sp³-hybridized carbons (Fsp3) is 0.0714. The van der Waals surface area contributed by atoms with Crippen LogP contribution < -0.4 is 0 Å². The highest BCUT2D eigenvalue weighted by Gasteiger charge is 2.09. The number of hydrogen-bond donors (Lipinski definition) is 0. The first-order chi connectivity index (χ1) is 9.19. The summed E-state index contributed by atoms with van der Waals surface area (Å²) in [5.41, 5.74) is 3.40. The summed E-state index contributed by atoms with van der Waals surface area (Å²) in [5, 5.41) is 17.2. The maximum absolute atomic E-state index is 8.87. The minimum Gasteiger partial charge on any atom is -0.282 e. The van der Waals surface area contributed by atoms with E-state index in [0.29, 0.717) is 11.2 Å². The third-order valence-corrected chi connectivity index (χ3v) is 3.82. The van der Waals surface area contributed by atoms with Gasteiger partial charge in [0.05, 0.1) is 11.6 Å². The molecule has 0 unspecified atom stereocenters. The van der Waals surface area contributed by atoms with E-state index < -0.39 is 0 Å². The first-order valence-corrected chi connectivity index (χ1v) is 6.50. The number of aryl methyl sites for hydroxylation is 1. The van der Waals surface area contributed by atoms with Gasteiger partial charge < -0.3 is 0 Å². The minimum absolute atomic E-state index is 0.580. The number of benzene rings is 1. The molecule has 4 nitrogen and oxygen atoms in total. The zero-order chi connectivity index (χ0) is 13.4. The van der Waals surface area contributed by atoms with E-state index in [1.165, 1.54) is 5.56 Å². The number of aromatic nitrogens is 3. The van der Waals surface area contributed by atoms with Crippen LogP contribution in [-0.2, 0) is 0 Å². The summed E-state index contributed by atoms with van der Waals surface area (Å²) in [5.74, 6) is 0.764. The maximum atomic E-state index is 8.87. The molecule has 0 radical (unpaired) electrons. The summed E-state index contributed by atoms with van der Waals surface area (Å²) in [7, 11) is 0. The van der Waals surface area contributed by atoms with Gasteiger partial charge in [-0.1, -0.05) is 28.1 Å². The van der Waals surface area contributed by atoms with Gasteiger partial charge in [0, 0.05) is 22.3 Å². The van der Waals surface area contributed by atoms with E-state index >= 15 is 0 Å². The topological polar surface area (TPSA) is 54.0 Å². The highest BCUT2D eigenvalue weighted by atomic mass is 79.9. The SMILES string of the molecule is Cc1ccc(-c2nnc3cc(C#N)ccn23)cc1Br. The Balaban J connectivity index is 2.20. The second-order valence-electron chi connectivity index (χ2n) is 4.24. The van der Waals surface area contributed by atoms with Crippen LogP contribution in [0.5, 0.6) is 0 Å². The van der Waals surface area contributed by atoms with Crippen LogP contribution in [0.15, 0.2) is 41.0 Å². The van der Waals surface area contributed by atoms with E-state index in [9.17, 15) is 0 Å². The van der Waals surface area contributed by atoms with E-state index in [1.54, 1.807) is 12.1 Å². The zero-order valence-corrected chi connectivity index (χ0v) is 11.7. The normalized spacial score (nSPS) is 10.6. The van der Waals surface area contributed by atoms with Crippen molar-refractivity contribution in [3.05, 3.63) is 52.1 Å². The fourth-order valence-corrected chi connectivity index (χ4v) is 2.27. The molecule has 92 valence electrons. The van der Waals surface area contributed by atoms with E-state index in [4.69, 9.17) is 5.26 Å². The van der Waals surface area contributed by atoms with Crippen molar-refractivity contribution in [2.45, 2.75) is 6.92 Å². The average Bonchev–Trinajstić information content (AvgIpc) is 2.84. The van der Waals surface area contributed by atoms with Crippen LogP contribution in [0.4, 0.5) is 0 Å². The van der Waals surface area contributed by atoms with Gasteiger partial charge in [-0.15, -0.1) is 10.2 Å². The van der Waals surface area contributed by atoms with Gasteiger partial charge in [-0.3, -0.25) is 4.40 Å². The predicted octanol–water partition coefficient (Wildman–Crippen LogP) is 3.34. The Bertz CT molecular complexity index is 814. The van der Waals surface area contributed by atoms with Gasteiger partial charge in [-0.05, 0) is 24.6 Å². The Morgan fingerprint density at radius 3 is 2.79 bits per heavy atom. The van der Waals surface area contributed by atoms with E-state index in [0.717, 1.165) is 15.9 Å². The van der Waals surface area contributed by atoms with Gasteiger partial charge in [-0.25, -0.2) is 0 Å². The summed E-state index contributed by atoms with van der Waals surface area (Å²) in [6, 6.07) is 11.6. The lowest BCUT2D eigenvalue weighted by Crippen LogP contribution is -1.90. The third-order valence-electron chi connectivity index (χ3n) is 2.97. The number of rotatable bonds is 1. The molecule has 0 N–H and O–H groups in total. The number of nitrogens with zero attached hydrogens (tertiary/aromatic N) is 4. The van der Waals surface area contributed by atoms with Gasteiger partial charge in [0.1, 0.15) is 0 Å². The molecule has 5 heteroatoms. The van der Waals surface area contributed by atoms with Gasteiger partial charge in [0.25, 0.3) is 0 Å². The largest absolute Gasteiger partial charge is 0.282 e. The Morgan fingerprint density at radius 2 is 2.05 bits per heavy atom. The summed E-state index contributed by atoms with van der Waals surface area (Å²) >= 11 is 3.52. The number of fused-ring (bicyclic) bond motifs is 1. The molecule has 0 fully saturated rings. The Hall–Kier alpha value is -2.19. The van der Waals surface area contributed by atoms with E-state index in [1.807, 2.05) is 35.7 Å². The molecule has 0 aliphatic heterocycles. The molecular formula is C14H9BrN4. The number of hydrogen-bond acceptors (Lipinski definition) is 3. The third kappa shape index (κ3) is 2.00. The van der Waals surface area contributed by atoms with Crippen LogP contribution in [0.2, 0.25) is 0 Å². The van der Waals surface area contributed by atoms with Crippen molar-refractivity contribution in [3.63, 3.8) is 0 Å². The van der Waals surface area contributed by atoms with E-state index in [2.05, 4.69) is 32.2 Å². The highest BCUT2D eigenvalue weighted by molar-refractivity contribution is 9.10. The van der Waals surface area contributed by atoms with Crippen LogP contribution in [0, 0.1) is 18.3 Å². The van der Waals surface area contributed by atoms with Crippen molar-refractivity contribution in [3.8, 4) is 17.5 Å². The smallest absolute Gasteiger partial charge is 0.168 e. The summed E-state index contributed by atoms with van der Waals surface area (Å²) < 4.78 is 2.91. The quantitative estimate of drug-likeness (QED) is 0.692. The second-order valence-corrected chi connectivity index (χ2v) is 5.10. The molecule has 3 aromatic rings. The van der Waals surface area contributed by atoms with E-state index in [-0.39, 0.29) is 0 Å². The molecule has 0 atom stereocenters. The van der Waals surface area contributed by atoms with Crippen LogP contribution in [-0.4, -0.2) is 14.6 Å². The molecule has 1 aromatic carbocycles. The molecule has 0 saturated carbocycles. The van der Waals surface area contributed by atoms with Crippen molar-refractivity contribution in [2.75, 3.05) is 0 Å². The minimum atomic E-state index is 0.580. The summed E-state index contributed by atoms with van der Waals surface area (Å²) in [6.45, 7) is 2.04. The van der Waals surface area contributed by atoms with Crippen LogP contribution in [0.3, 0.4) is 0 Å². The Morgan fingerprint density at radius 1 is 1.21 bits per heavy atom. The van der Waals surface area contributed by atoms with Crippen LogP contribution >= 0.6 is 15.9 Å². The van der Waals surface area contributed by atoms with Gasteiger partial charge in [0.15, 0.2) is 11.5 Å². The van der Waals surface area contributed by atoms with Gasteiger partial charge >= 0.3 is 0 Å². The molecule has 0 amide bonds. The average molecular weight is 313 g/mol. The van der Waals surface area contributed by atoms with Crippen LogP contribution in [0.25, 0.3) is 17.0 Å². The zero-order valence-electron chi connectivity index (χ0n) is 10.1. The first-order valence-electron chi connectivity index (χ1n) is 5.70. The molecule has 3 rings (SSSR count). The highest BCUT2D eigenvalue weighted by Crippen LogP contribution is 2.24. The van der Waals surface area contributed by atoms with Gasteiger partial charge in [-0.2, -0.15) is 5.26 Å². The Labute approximate surface area is 118 Å². The second kappa shape index (κ2) is 4.48. The maximum Gasteiger partial charge on any atom is 0.168 e. The number of halogens is 1. The fourth-order valence-electron chi connectivity index (χ4n) is 1.89. The molecular weight excluding hydrogens is 304 g/mol. The first kappa shape index (κ1) is 11.9. The standard InChI is InChI=1S/C14H9BrN4/c1-9-2-3-11(7-12(9)15)14-18-17-13-6-10(8-16)4-5-19(13)14/h2-7H,1H3. The van der Waals surface area contributed by atoms with Crippen molar-refractivity contribution in [1.29, 1.82) is 5.26 Å². The number of pyridine rings is 1. The lowest BCUT2D eigenvalue weighted by atomic mass is 10.1. The molecule has 0 bridgehead atoms. The summed E-state index contributed by atoms with van der Waals surface area (Å²) in [6.07, 6.45) is 1.82. The van der Waals surface area contributed by atoms with Crippen molar-refractivity contribution in [1.82, 2.24) is 14.6 Å². The molecule has 2 heterocycles. The van der Waals surface area contributed by atoms with Gasteiger partial charge in [0.2, 0.25) is 0 Å². The molecule has 0 spiro atoms. The predicted molar refractivity (Wildman–Crippen MR) is 75.6 cm³/mol. The monoisotopic (exact) mass is 312 g/mol. The summed E-state index contributed by atoms with van der Waals surface area (Å²) in [4.78, 5) is 0. The molecule has 0 aliphatic carbocycles.